The van der Waals surface area contributed by atoms with Gasteiger partial charge in [-0.25, -0.2) is 9.97 Å². The molecule has 1 aliphatic heterocycles. The van der Waals surface area contributed by atoms with Gasteiger partial charge in [-0.15, -0.1) is 11.3 Å². The molecule has 0 bridgehead atoms. The Bertz CT molecular complexity index is 1060. The molecule has 0 saturated carbocycles. The van der Waals surface area contributed by atoms with E-state index in [2.05, 4.69) is 36.1 Å². The maximum Gasteiger partial charge on any atom is 0.240 e. The molecule has 3 heterocycles. The molecule has 8 heteroatoms. The van der Waals surface area contributed by atoms with Gasteiger partial charge in [-0.1, -0.05) is 58.2 Å². The largest absolute Gasteiger partial charge is 0.437 e. The molecule has 1 fully saturated rings. The van der Waals surface area contributed by atoms with Crippen LogP contribution in [0.3, 0.4) is 0 Å². The Balaban J connectivity index is 1.61. The van der Waals surface area contributed by atoms with Crippen LogP contribution in [0.2, 0.25) is 0 Å². The van der Waals surface area contributed by atoms with Crippen molar-refractivity contribution < 1.29 is 23.7 Å². The number of nitrogens with zero attached hydrogens (tertiary/aromatic N) is 2. The Morgan fingerprint density at radius 1 is 0.865 bits per heavy atom. The predicted octanol–water partition coefficient (Wildman–Crippen LogP) is 7.11. The highest BCUT2D eigenvalue weighted by Gasteiger charge is 2.48. The quantitative estimate of drug-likeness (QED) is 0.183. The number of rotatable bonds is 16. The molecule has 3 aromatic rings. The Labute approximate surface area is 224 Å². The van der Waals surface area contributed by atoms with Crippen molar-refractivity contribution in [2.45, 2.75) is 83.7 Å². The summed E-state index contributed by atoms with van der Waals surface area (Å²) in [6.45, 7) is 9.06. The van der Waals surface area contributed by atoms with Gasteiger partial charge in [0.05, 0.1) is 12.1 Å². The van der Waals surface area contributed by atoms with Crippen LogP contribution in [0, 0.1) is 0 Å². The number of hydrogen-bond acceptors (Lipinski definition) is 8. The first kappa shape index (κ1) is 27.9. The smallest absolute Gasteiger partial charge is 0.240 e. The van der Waals surface area contributed by atoms with Crippen molar-refractivity contribution in [2.24, 2.45) is 0 Å². The SMILES string of the molecule is CCCCOC[C@H]1O[C@@H](c2csc3c(Oc4ccccc4)ncnc23)[C@H](OCCCC)[C@@H]1OCCCC. The van der Waals surface area contributed by atoms with Crippen LogP contribution in [-0.2, 0) is 18.9 Å². The average Bonchev–Trinajstić information content (AvgIpc) is 3.50. The number of unbranched alkanes of at least 4 members (excludes halogenated alkanes) is 3. The van der Waals surface area contributed by atoms with Gasteiger partial charge in [0.15, 0.2) is 0 Å². The van der Waals surface area contributed by atoms with Gasteiger partial charge in [0.25, 0.3) is 0 Å². The summed E-state index contributed by atoms with van der Waals surface area (Å²) in [5.41, 5.74) is 1.82. The van der Waals surface area contributed by atoms with E-state index in [0.717, 1.165) is 66.7 Å². The first-order valence-electron chi connectivity index (χ1n) is 13.7. The maximum atomic E-state index is 6.67. The number of fused-ring (bicyclic) bond motifs is 1. The molecule has 7 nitrogen and oxygen atoms in total. The van der Waals surface area contributed by atoms with Gasteiger partial charge in [-0.3, -0.25) is 0 Å². The number of thiophene rings is 1. The molecule has 0 unspecified atom stereocenters. The Morgan fingerprint density at radius 2 is 1.57 bits per heavy atom. The van der Waals surface area contributed by atoms with Gasteiger partial charge < -0.3 is 23.7 Å². The van der Waals surface area contributed by atoms with Crippen molar-refractivity contribution in [3.05, 3.63) is 47.6 Å². The van der Waals surface area contributed by atoms with Crippen LogP contribution in [0.25, 0.3) is 10.2 Å². The highest BCUT2D eigenvalue weighted by Crippen LogP contribution is 2.43. The number of benzene rings is 1. The van der Waals surface area contributed by atoms with E-state index in [-0.39, 0.29) is 24.4 Å². The Morgan fingerprint density at radius 3 is 2.30 bits per heavy atom. The van der Waals surface area contributed by atoms with Crippen molar-refractivity contribution in [2.75, 3.05) is 26.4 Å². The van der Waals surface area contributed by atoms with Crippen molar-refractivity contribution in [3.63, 3.8) is 0 Å². The maximum absolute atomic E-state index is 6.67. The highest BCUT2D eigenvalue weighted by molar-refractivity contribution is 7.17. The molecule has 1 aromatic carbocycles. The van der Waals surface area contributed by atoms with Crippen molar-refractivity contribution in [1.82, 2.24) is 9.97 Å². The summed E-state index contributed by atoms with van der Waals surface area (Å²) in [5.74, 6) is 1.29. The van der Waals surface area contributed by atoms with Crippen LogP contribution < -0.4 is 4.74 Å². The van der Waals surface area contributed by atoms with E-state index in [1.807, 2.05) is 30.3 Å². The fourth-order valence-corrected chi connectivity index (χ4v) is 5.36. The van der Waals surface area contributed by atoms with E-state index < -0.39 is 0 Å². The zero-order chi connectivity index (χ0) is 25.9. The molecular formula is C29H40N2O5S. The lowest BCUT2D eigenvalue weighted by atomic mass is 10.0. The normalized spacial score (nSPS) is 21.6. The average molecular weight is 529 g/mol. The van der Waals surface area contributed by atoms with Gasteiger partial charge in [-0.05, 0) is 36.8 Å². The summed E-state index contributed by atoms with van der Waals surface area (Å²) < 4.78 is 32.6. The van der Waals surface area contributed by atoms with Crippen LogP contribution in [-0.4, -0.2) is 54.7 Å². The molecule has 0 amide bonds. The highest BCUT2D eigenvalue weighted by atomic mass is 32.1. The third-order valence-electron chi connectivity index (χ3n) is 6.46. The number of aromatic nitrogens is 2. The summed E-state index contributed by atoms with van der Waals surface area (Å²) in [4.78, 5) is 9.06. The van der Waals surface area contributed by atoms with E-state index >= 15 is 0 Å². The second-order valence-corrected chi connectivity index (χ2v) is 10.2. The Hall–Kier alpha value is -2.10. The van der Waals surface area contributed by atoms with E-state index in [9.17, 15) is 0 Å². The summed E-state index contributed by atoms with van der Waals surface area (Å²) >= 11 is 1.57. The van der Waals surface area contributed by atoms with Crippen LogP contribution in [0.5, 0.6) is 11.6 Å². The van der Waals surface area contributed by atoms with Gasteiger partial charge in [0.2, 0.25) is 5.88 Å². The van der Waals surface area contributed by atoms with Crippen LogP contribution in [0.4, 0.5) is 0 Å². The summed E-state index contributed by atoms with van der Waals surface area (Å²) in [6.07, 6.45) is 6.86. The number of para-hydroxylation sites is 1. The fraction of sp³-hybridized carbons (Fsp3) is 0.586. The molecule has 37 heavy (non-hydrogen) atoms. The monoisotopic (exact) mass is 528 g/mol. The minimum atomic E-state index is -0.309. The van der Waals surface area contributed by atoms with E-state index in [1.165, 1.54) is 0 Å². The molecule has 2 aromatic heterocycles. The second kappa shape index (κ2) is 14.7. The van der Waals surface area contributed by atoms with Crippen molar-refractivity contribution in [3.8, 4) is 11.6 Å². The minimum Gasteiger partial charge on any atom is -0.437 e. The van der Waals surface area contributed by atoms with E-state index in [0.29, 0.717) is 25.7 Å². The van der Waals surface area contributed by atoms with Crippen molar-refractivity contribution >= 4 is 21.6 Å². The third kappa shape index (κ3) is 7.27. The lowest BCUT2D eigenvalue weighted by Crippen LogP contribution is -2.38. The van der Waals surface area contributed by atoms with Crippen LogP contribution in [0.1, 0.15) is 71.0 Å². The molecule has 4 atom stereocenters. The zero-order valence-corrected chi connectivity index (χ0v) is 23.1. The molecule has 0 aliphatic carbocycles. The Kier molecular flexibility index (Phi) is 11.1. The molecule has 0 radical (unpaired) electrons. The van der Waals surface area contributed by atoms with E-state index in [4.69, 9.17) is 23.7 Å². The zero-order valence-electron chi connectivity index (χ0n) is 22.3. The standard InChI is InChI=1S/C29H40N2O5S/c1-4-7-15-32-18-23-26(33-16-8-5-2)27(34-17-9-6-3)25(36-23)22-19-37-28-24(22)30-20-31-29(28)35-21-13-11-10-12-14-21/h10-14,19-20,23,25-27H,4-9,15-18H2,1-3H3/t23-,25+,26-,27+/m1/s1. The molecule has 202 valence electrons. The van der Waals surface area contributed by atoms with Gasteiger partial charge in [0, 0.05) is 25.4 Å². The first-order valence-corrected chi connectivity index (χ1v) is 14.6. The number of ether oxygens (including phenoxy) is 5. The second-order valence-electron chi connectivity index (χ2n) is 9.36. The molecule has 4 rings (SSSR count). The summed E-state index contributed by atoms with van der Waals surface area (Å²) in [5, 5.41) is 2.10. The van der Waals surface area contributed by atoms with Crippen LogP contribution >= 0.6 is 11.3 Å². The van der Waals surface area contributed by atoms with Crippen LogP contribution in [0.15, 0.2) is 42.0 Å². The molecule has 0 N–H and O–H groups in total. The van der Waals surface area contributed by atoms with E-state index in [1.54, 1.807) is 17.7 Å². The molecule has 0 spiro atoms. The fourth-order valence-electron chi connectivity index (χ4n) is 4.39. The minimum absolute atomic E-state index is 0.202. The molecular weight excluding hydrogens is 488 g/mol. The number of hydrogen-bond donors (Lipinski definition) is 0. The molecule has 1 aliphatic rings. The topological polar surface area (TPSA) is 71.9 Å². The molecule has 1 saturated heterocycles. The summed E-state index contributed by atoms with van der Waals surface area (Å²) in [6, 6.07) is 9.69. The summed E-state index contributed by atoms with van der Waals surface area (Å²) in [7, 11) is 0. The van der Waals surface area contributed by atoms with Gasteiger partial charge >= 0.3 is 0 Å². The first-order chi connectivity index (χ1) is 18.3. The van der Waals surface area contributed by atoms with Gasteiger partial charge in [-0.2, -0.15) is 0 Å². The lowest BCUT2D eigenvalue weighted by Gasteiger charge is -2.25. The van der Waals surface area contributed by atoms with Gasteiger partial charge in [0.1, 0.15) is 41.2 Å². The predicted molar refractivity (Wildman–Crippen MR) is 147 cm³/mol. The third-order valence-corrected chi connectivity index (χ3v) is 7.44. The van der Waals surface area contributed by atoms with Crippen molar-refractivity contribution in [1.29, 1.82) is 0 Å². The lowest BCUT2D eigenvalue weighted by molar-refractivity contribution is -0.0795.